The lowest BCUT2D eigenvalue weighted by Gasteiger charge is -2.39. The van der Waals surface area contributed by atoms with E-state index in [1.165, 1.54) is 32.1 Å². The van der Waals surface area contributed by atoms with Gasteiger partial charge < -0.3 is 0 Å². The van der Waals surface area contributed by atoms with Crippen molar-refractivity contribution in [1.29, 1.82) is 0 Å². The van der Waals surface area contributed by atoms with Crippen LogP contribution in [0.1, 0.15) is 64.7 Å². The van der Waals surface area contributed by atoms with Crippen LogP contribution in [0.3, 0.4) is 0 Å². The summed E-state index contributed by atoms with van der Waals surface area (Å²) in [4.78, 5) is 28.5. The number of aliphatic imine (C=N–C) groups is 2. The summed E-state index contributed by atoms with van der Waals surface area (Å²) in [6.07, 6.45) is 13.6. The maximum atomic E-state index is 10.3. The van der Waals surface area contributed by atoms with Gasteiger partial charge in [0, 0.05) is 0 Å². The van der Waals surface area contributed by atoms with Crippen LogP contribution >= 0.6 is 0 Å². The molecule has 2 fully saturated rings. The van der Waals surface area contributed by atoms with Crippen molar-refractivity contribution in [3.05, 3.63) is 0 Å². The number of isocyanates is 2. The molecule has 0 aromatic carbocycles. The number of rotatable bonds is 5. The molecule has 0 heterocycles. The van der Waals surface area contributed by atoms with Gasteiger partial charge in [0.05, 0.1) is 12.1 Å². The summed E-state index contributed by atoms with van der Waals surface area (Å²) in [7, 11) is 0. The molecule has 0 aromatic heterocycles. The molecule has 21 heavy (non-hydrogen) atoms. The van der Waals surface area contributed by atoms with Gasteiger partial charge in [0.2, 0.25) is 12.2 Å². The molecule has 0 aliphatic heterocycles. The molecule has 0 saturated heterocycles. The molecule has 2 rings (SSSR count). The van der Waals surface area contributed by atoms with Crippen LogP contribution in [0, 0.1) is 17.8 Å². The third kappa shape index (κ3) is 4.36. The van der Waals surface area contributed by atoms with E-state index >= 15 is 0 Å². The molecule has 116 valence electrons. The topological polar surface area (TPSA) is 58.9 Å². The molecule has 0 amide bonds. The van der Waals surface area contributed by atoms with E-state index in [9.17, 15) is 9.59 Å². The van der Waals surface area contributed by atoms with E-state index in [0.29, 0.717) is 0 Å². The summed E-state index contributed by atoms with van der Waals surface area (Å²) in [6, 6.07) is 0.433. The zero-order valence-electron chi connectivity index (χ0n) is 13.0. The maximum Gasteiger partial charge on any atom is 0.235 e. The fourth-order valence-corrected chi connectivity index (χ4v) is 4.52. The Morgan fingerprint density at radius 2 is 1.19 bits per heavy atom. The highest BCUT2D eigenvalue weighted by atomic mass is 16.1. The van der Waals surface area contributed by atoms with Crippen molar-refractivity contribution in [2.24, 2.45) is 27.7 Å². The van der Waals surface area contributed by atoms with Crippen LogP contribution in [0.4, 0.5) is 0 Å². The summed E-state index contributed by atoms with van der Waals surface area (Å²) in [5.41, 5.74) is 0. The largest absolute Gasteiger partial charge is 0.235 e. The van der Waals surface area contributed by atoms with Gasteiger partial charge in [-0.15, -0.1) is 0 Å². The molecule has 2 aliphatic rings. The monoisotopic (exact) mass is 290 g/mol. The molecule has 0 atom stereocenters. The SMILES string of the molecule is CCC(C1CCC(N=C=O)CC1)C1CCC(N=C=O)CC1. The Morgan fingerprint density at radius 3 is 1.48 bits per heavy atom. The van der Waals surface area contributed by atoms with Gasteiger partial charge in [-0.1, -0.05) is 13.3 Å². The van der Waals surface area contributed by atoms with Gasteiger partial charge in [-0.2, -0.15) is 0 Å². The summed E-state index contributed by atoms with van der Waals surface area (Å²) in [5.74, 6) is 2.35. The van der Waals surface area contributed by atoms with E-state index < -0.39 is 0 Å². The zero-order valence-corrected chi connectivity index (χ0v) is 13.0. The Hall–Kier alpha value is -1.24. The van der Waals surface area contributed by atoms with Crippen molar-refractivity contribution in [1.82, 2.24) is 0 Å². The lowest BCUT2D eigenvalue weighted by Crippen LogP contribution is -2.31. The van der Waals surface area contributed by atoms with Gasteiger partial charge in [0.15, 0.2) is 0 Å². The number of carbonyl (C=O) groups excluding carboxylic acids is 2. The van der Waals surface area contributed by atoms with Gasteiger partial charge in [-0.05, 0) is 69.1 Å². The second kappa shape index (κ2) is 8.26. The first kappa shape index (κ1) is 16.1. The second-order valence-corrected chi connectivity index (χ2v) is 6.65. The first-order valence-electron chi connectivity index (χ1n) is 8.42. The van der Waals surface area contributed by atoms with E-state index in [2.05, 4.69) is 16.9 Å². The van der Waals surface area contributed by atoms with Crippen molar-refractivity contribution in [3.63, 3.8) is 0 Å². The third-order valence-corrected chi connectivity index (χ3v) is 5.64. The molecule has 0 bridgehead atoms. The van der Waals surface area contributed by atoms with Gasteiger partial charge in [0.1, 0.15) is 0 Å². The lowest BCUT2D eigenvalue weighted by molar-refractivity contribution is 0.129. The minimum absolute atomic E-state index is 0.217. The summed E-state index contributed by atoms with van der Waals surface area (Å²) >= 11 is 0. The van der Waals surface area contributed by atoms with Crippen LogP contribution in [0.15, 0.2) is 9.98 Å². The van der Waals surface area contributed by atoms with E-state index in [4.69, 9.17) is 0 Å². The van der Waals surface area contributed by atoms with Crippen molar-refractivity contribution in [2.75, 3.05) is 0 Å². The predicted molar refractivity (Wildman–Crippen MR) is 81.5 cm³/mol. The minimum Gasteiger partial charge on any atom is -0.211 e. The zero-order chi connectivity index (χ0) is 15.1. The van der Waals surface area contributed by atoms with Gasteiger partial charge in [0.25, 0.3) is 0 Å². The van der Waals surface area contributed by atoms with Crippen LogP contribution in [0.25, 0.3) is 0 Å². The minimum atomic E-state index is 0.217. The molecule has 2 aliphatic carbocycles. The highest BCUT2D eigenvalue weighted by Crippen LogP contribution is 2.42. The summed E-state index contributed by atoms with van der Waals surface area (Å²) in [5, 5.41) is 0. The molecule has 4 nitrogen and oxygen atoms in total. The Balaban J connectivity index is 1.86. The van der Waals surface area contributed by atoms with Crippen LogP contribution in [-0.2, 0) is 9.59 Å². The van der Waals surface area contributed by atoms with Crippen LogP contribution < -0.4 is 0 Å². The van der Waals surface area contributed by atoms with Crippen molar-refractivity contribution < 1.29 is 9.59 Å². The van der Waals surface area contributed by atoms with Gasteiger partial charge >= 0.3 is 0 Å². The smallest absolute Gasteiger partial charge is 0.211 e. The summed E-state index contributed by atoms with van der Waals surface area (Å²) in [6.45, 7) is 2.30. The molecule has 0 spiro atoms. The van der Waals surface area contributed by atoms with Crippen molar-refractivity contribution >= 4 is 12.2 Å². The van der Waals surface area contributed by atoms with Crippen LogP contribution in [-0.4, -0.2) is 24.2 Å². The van der Waals surface area contributed by atoms with E-state index in [-0.39, 0.29) is 12.1 Å². The lowest BCUT2D eigenvalue weighted by atomic mass is 9.67. The summed E-state index contributed by atoms with van der Waals surface area (Å²) < 4.78 is 0. The molecular formula is C17H26N2O2. The van der Waals surface area contributed by atoms with Crippen LogP contribution in [0.2, 0.25) is 0 Å². The molecule has 2 saturated carbocycles. The van der Waals surface area contributed by atoms with Gasteiger partial charge in [-0.25, -0.2) is 19.6 Å². The Kier molecular flexibility index (Phi) is 6.35. The molecule has 0 unspecified atom stereocenters. The fourth-order valence-electron chi connectivity index (χ4n) is 4.52. The second-order valence-electron chi connectivity index (χ2n) is 6.65. The van der Waals surface area contributed by atoms with Crippen molar-refractivity contribution in [2.45, 2.75) is 76.8 Å². The molecule has 0 radical (unpaired) electrons. The predicted octanol–water partition coefficient (Wildman–Crippen LogP) is 3.80. The molecular weight excluding hydrogens is 264 g/mol. The molecule has 4 heteroatoms. The highest BCUT2D eigenvalue weighted by molar-refractivity contribution is 5.33. The standard InChI is InChI=1S/C17H26N2O2/c1-2-17(13-3-7-15(8-4-13)18-11-20)14-5-9-16(10-6-14)19-12-21/h13-17H,2-10H2,1H3. The van der Waals surface area contributed by atoms with E-state index in [0.717, 1.165) is 43.4 Å². The number of hydrogen-bond donors (Lipinski definition) is 0. The Bertz CT molecular complexity index is 371. The first-order valence-corrected chi connectivity index (χ1v) is 8.42. The van der Waals surface area contributed by atoms with Gasteiger partial charge in [-0.3, -0.25) is 0 Å². The quantitative estimate of drug-likeness (QED) is 0.571. The third-order valence-electron chi connectivity index (χ3n) is 5.64. The molecule has 0 N–H and O–H groups in total. The molecule has 0 aromatic rings. The number of nitrogens with zero attached hydrogens (tertiary/aromatic N) is 2. The Morgan fingerprint density at radius 1 is 0.810 bits per heavy atom. The van der Waals surface area contributed by atoms with E-state index in [1.807, 2.05) is 0 Å². The number of hydrogen-bond acceptors (Lipinski definition) is 4. The van der Waals surface area contributed by atoms with Crippen LogP contribution in [0.5, 0.6) is 0 Å². The highest BCUT2D eigenvalue weighted by Gasteiger charge is 2.33. The Labute approximate surface area is 127 Å². The fraction of sp³-hybridized carbons (Fsp3) is 0.882. The average Bonchev–Trinajstić information content (AvgIpc) is 2.52. The average molecular weight is 290 g/mol. The normalized spacial score (nSPS) is 34.3. The maximum absolute atomic E-state index is 10.3. The first-order chi connectivity index (χ1) is 10.3. The van der Waals surface area contributed by atoms with Crippen molar-refractivity contribution in [3.8, 4) is 0 Å². The van der Waals surface area contributed by atoms with E-state index in [1.54, 1.807) is 12.2 Å².